The maximum absolute atomic E-state index is 11.9. The van der Waals surface area contributed by atoms with E-state index >= 15 is 0 Å². The fourth-order valence-corrected chi connectivity index (χ4v) is 3.33. The third-order valence-corrected chi connectivity index (χ3v) is 4.81. The van der Waals surface area contributed by atoms with Crippen LogP contribution < -0.4 is 5.48 Å². The number of carbonyl (C=O) groups excluding carboxylic acids is 1. The van der Waals surface area contributed by atoms with Crippen LogP contribution in [0.2, 0.25) is 0 Å². The first-order valence-corrected chi connectivity index (χ1v) is 7.81. The molecule has 0 spiro atoms. The minimum Gasteiger partial charge on any atom is -0.288 e. The summed E-state index contributed by atoms with van der Waals surface area (Å²) in [5.41, 5.74) is 6.78. The van der Waals surface area contributed by atoms with Gasteiger partial charge in [0.1, 0.15) is 0 Å². The molecule has 0 atom stereocenters. The van der Waals surface area contributed by atoms with Gasteiger partial charge < -0.3 is 0 Å². The SMILES string of the molecule is Cc1ccc(CN2Cc3c(C(=O)NO)cccc3C2(C)C)cc1. The van der Waals surface area contributed by atoms with Gasteiger partial charge in [0.2, 0.25) is 0 Å². The molecule has 0 fully saturated rings. The van der Waals surface area contributed by atoms with E-state index in [1.807, 2.05) is 6.07 Å². The van der Waals surface area contributed by atoms with Gasteiger partial charge in [-0.15, -0.1) is 0 Å². The number of hydrogen-bond acceptors (Lipinski definition) is 3. The predicted octanol–water partition coefficient (Wildman–Crippen LogP) is 3.36. The van der Waals surface area contributed by atoms with Crippen LogP contribution in [0.1, 0.15) is 46.5 Å². The third kappa shape index (κ3) is 2.76. The fourth-order valence-electron chi connectivity index (χ4n) is 3.33. The summed E-state index contributed by atoms with van der Waals surface area (Å²) in [6.07, 6.45) is 0. The molecule has 0 saturated heterocycles. The molecule has 1 heterocycles. The van der Waals surface area contributed by atoms with Gasteiger partial charge in [-0.1, -0.05) is 42.0 Å². The lowest BCUT2D eigenvalue weighted by Crippen LogP contribution is -2.34. The molecule has 0 aromatic heterocycles. The summed E-state index contributed by atoms with van der Waals surface area (Å²) in [7, 11) is 0. The van der Waals surface area contributed by atoms with Gasteiger partial charge in [0, 0.05) is 24.2 Å². The van der Waals surface area contributed by atoms with Gasteiger partial charge in [-0.2, -0.15) is 0 Å². The summed E-state index contributed by atoms with van der Waals surface area (Å²) in [5.74, 6) is -0.449. The molecule has 1 aliphatic heterocycles. The van der Waals surface area contributed by atoms with Crippen molar-refractivity contribution in [1.29, 1.82) is 0 Å². The molecular formula is C19H22N2O2. The molecule has 4 heteroatoms. The summed E-state index contributed by atoms with van der Waals surface area (Å²) in [4.78, 5) is 14.3. The number of fused-ring (bicyclic) bond motifs is 1. The zero-order valence-electron chi connectivity index (χ0n) is 13.8. The van der Waals surface area contributed by atoms with E-state index in [0.717, 1.165) is 17.7 Å². The summed E-state index contributed by atoms with van der Waals surface area (Å²) in [6.45, 7) is 7.95. The van der Waals surface area contributed by atoms with Gasteiger partial charge in [-0.05, 0) is 43.5 Å². The van der Waals surface area contributed by atoms with E-state index in [-0.39, 0.29) is 5.54 Å². The van der Waals surface area contributed by atoms with Crippen LogP contribution in [0.15, 0.2) is 42.5 Å². The molecule has 23 heavy (non-hydrogen) atoms. The Kier molecular flexibility index (Phi) is 3.96. The number of benzene rings is 2. The van der Waals surface area contributed by atoms with Gasteiger partial charge in [0.15, 0.2) is 0 Å². The lowest BCUT2D eigenvalue weighted by atomic mass is 9.91. The molecule has 0 radical (unpaired) electrons. The molecule has 2 aromatic rings. The average molecular weight is 310 g/mol. The molecule has 0 saturated carbocycles. The minimum atomic E-state index is -0.449. The molecular weight excluding hydrogens is 288 g/mol. The minimum absolute atomic E-state index is 0.161. The lowest BCUT2D eigenvalue weighted by molar-refractivity contribution is 0.0704. The van der Waals surface area contributed by atoms with Gasteiger partial charge in [0.05, 0.1) is 0 Å². The molecule has 0 unspecified atom stereocenters. The molecule has 1 amide bonds. The van der Waals surface area contributed by atoms with Crippen molar-refractivity contribution in [3.8, 4) is 0 Å². The number of nitrogens with zero attached hydrogens (tertiary/aromatic N) is 1. The van der Waals surface area contributed by atoms with Crippen molar-refractivity contribution in [1.82, 2.24) is 10.4 Å². The Bertz CT molecular complexity index is 736. The Labute approximate surface area is 136 Å². The first-order chi connectivity index (χ1) is 10.9. The van der Waals surface area contributed by atoms with E-state index in [1.165, 1.54) is 11.1 Å². The van der Waals surface area contributed by atoms with Crippen molar-refractivity contribution < 1.29 is 10.0 Å². The fraction of sp³-hybridized carbons (Fsp3) is 0.316. The molecule has 4 nitrogen and oxygen atoms in total. The quantitative estimate of drug-likeness (QED) is 0.675. The molecule has 0 bridgehead atoms. The summed E-state index contributed by atoms with van der Waals surface area (Å²) in [5, 5.41) is 8.96. The number of hydroxylamine groups is 1. The molecule has 1 aliphatic rings. The van der Waals surface area contributed by atoms with Crippen molar-refractivity contribution in [2.24, 2.45) is 0 Å². The maximum atomic E-state index is 11.9. The van der Waals surface area contributed by atoms with Crippen LogP contribution in [0.3, 0.4) is 0 Å². The van der Waals surface area contributed by atoms with Crippen molar-refractivity contribution >= 4 is 5.91 Å². The number of aryl methyl sites for hydroxylation is 1. The van der Waals surface area contributed by atoms with Crippen LogP contribution >= 0.6 is 0 Å². The first-order valence-electron chi connectivity index (χ1n) is 7.81. The molecule has 2 aromatic carbocycles. The van der Waals surface area contributed by atoms with E-state index in [9.17, 15) is 4.79 Å². The Balaban J connectivity index is 1.94. The first kappa shape index (κ1) is 15.7. The Morgan fingerprint density at radius 1 is 1.22 bits per heavy atom. The van der Waals surface area contributed by atoms with E-state index in [4.69, 9.17) is 5.21 Å². The Hall–Kier alpha value is -2.17. The van der Waals surface area contributed by atoms with Gasteiger partial charge in [-0.25, -0.2) is 5.48 Å². The molecule has 2 N–H and O–H groups in total. The van der Waals surface area contributed by atoms with Crippen LogP contribution in [-0.4, -0.2) is 16.0 Å². The highest BCUT2D eigenvalue weighted by atomic mass is 16.5. The highest BCUT2D eigenvalue weighted by Gasteiger charge is 2.38. The van der Waals surface area contributed by atoms with Crippen LogP contribution in [0.5, 0.6) is 0 Å². The predicted molar refractivity (Wildman–Crippen MR) is 89.1 cm³/mol. The Morgan fingerprint density at radius 2 is 1.91 bits per heavy atom. The largest absolute Gasteiger partial charge is 0.288 e. The van der Waals surface area contributed by atoms with E-state index in [2.05, 4.69) is 56.0 Å². The summed E-state index contributed by atoms with van der Waals surface area (Å²) in [6, 6.07) is 14.2. The van der Waals surface area contributed by atoms with Crippen LogP contribution in [-0.2, 0) is 18.6 Å². The number of amides is 1. The van der Waals surface area contributed by atoms with Crippen molar-refractivity contribution in [3.63, 3.8) is 0 Å². The van der Waals surface area contributed by atoms with Gasteiger partial charge in [-0.3, -0.25) is 14.9 Å². The maximum Gasteiger partial charge on any atom is 0.274 e. The number of hydrogen-bond donors (Lipinski definition) is 2. The van der Waals surface area contributed by atoms with E-state index in [0.29, 0.717) is 12.1 Å². The van der Waals surface area contributed by atoms with Gasteiger partial charge in [0.25, 0.3) is 5.91 Å². The second kappa shape index (κ2) is 5.80. The lowest BCUT2D eigenvalue weighted by Gasteiger charge is -2.32. The van der Waals surface area contributed by atoms with Crippen molar-refractivity contribution in [2.75, 3.05) is 0 Å². The highest BCUT2D eigenvalue weighted by Crippen LogP contribution is 2.41. The summed E-state index contributed by atoms with van der Waals surface area (Å²) < 4.78 is 0. The van der Waals surface area contributed by atoms with E-state index in [1.54, 1.807) is 11.5 Å². The topological polar surface area (TPSA) is 52.6 Å². The third-order valence-electron chi connectivity index (χ3n) is 4.81. The van der Waals surface area contributed by atoms with Crippen LogP contribution in [0.25, 0.3) is 0 Å². The zero-order valence-corrected chi connectivity index (χ0v) is 13.8. The van der Waals surface area contributed by atoms with Crippen molar-refractivity contribution in [3.05, 3.63) is 70.3 Å². The standard InChI is InChI=1S/C19H22N2O2/c1-13-7-9-14(10-8-13)11-21-12-16-15(18(22)20-23)5-4-6-17(16)19(21,2)3/h4-10,23H,11-12H2,1-3H3,(H,20,22). The highest BCUT2D eigenvalue weighted by molar-refractivity contribution is 5.95. The van der Waals surface area contributed by atoms with Gasteiger partial charge >= 0.3 is 0 Å². The molecule has 120 valence electrons. The second-order valence-electron chi connectivity index (χ2n) is 6.67. The van der Waals surface area contributed by atoms with Crippen molar-refractivity contribution in [2.45, 2.75) is 39.4 Å². The molecule has 0 aliphatic carbocycles. The normalized spacial score (nSPS) is 16.2. The number of carbonyl (C=O) groups is 1. The van der Waals surface area contributed by atoms with Crippen LogP contribution in [0.4, 0.5) is 0 Å². The summed E-state index contributed by atoms with van der Waals surface area (Å²) >= 11 is 0. The van der Waals surface area contributed by atoms with E-state index < -0.39 is 5.91 Å². The Morgan fingerprint density at radius 3 is 2.57 bits per heavy atom. The zero-order chi connectivity index (χ0) is 16.6. The number of nitrogens with one attached hydrogen (secondary N) is 1. The average Bonchev–Trinajstić information content (AvgIpc) is 2.80. The smallest absolute Gasteiger partial charge is 0.274 e. The monoisotopic (exact) mass is 310 g/mol. The number of rotatable bonds is 3. The molecule has 3 rings (SSSR count). The second-order valence-corrected chi connectivity index (χ2v) is 6.67. The van der Waals surface area contributed by atoms with Crippen LogP contribution in [0, 0.1) is 6.92 Å².